The number of amides is 2. The van der Waals surface area contributed by atoms with E-state index in [4.69, 9.17) is 4.74 Å². The van der Waals surface area contributed by atoms with Crippen LogP contribution in [0.15, 0.2) is 18.2 Å². The van der Waals surface area contributed by atoms with Gasteiger partial charge in [0.25, 0.3) is 5.91 Å². The number of carbonyl (C=O) groups is 2. The van der Waals surface area contributed by atoms with Gasteiger partial charge in [-0.25, -0.2) is 4.79 Å². The van der Waals surface area contributed by atoms with Gasteiger partial charge in [0, 0.05) is 19.0 Å². The number of hydrogen-bond donors (Lipinski definition) is 2. The van der Waals surface area contributed by atoms with Gasteiger partial charge in [-0.1, -0.05) is 12.1 Å². The van der Waals surface area contributed by atoms with Crippen LogP contribution in [0, 0.1) is 5.92 Å². The highest BCUT2D eigenvalue weighted by molar-refractivity contribution is 5.84. The first-order valence-electron chi connectivity index (χ1n) is 10.5. The van der Waals surface area contributed by atoms with Crippen molar-refractivity contribution in [2.45, 2.75) is 70.4 Å². The zero-order valence-corrected chi connectivity index (χ0v) is 17.7. The molecule has 6 nitrogen and oxygen atoms in total. The van der Waals surface area contributed by atoms with Crippen molar-refractivity contribution in [1.82, 2.24) is 10.2 Å². The summed E-state index contributed by atoms with van der Waals surface area (Å²) in [5.41, 5.74) is 0.760. The van der Waals surface area contributed by atoms with E-state index < -0.39 is 35.5 Å². The van der Waals surface area contributed by atoms with Gasteiger partial charge in [0.15, 0.2) is 0 Å². The average molecular weight is 424 g/mol. The third-order valence-electron chi connectivity index (χ3n) is 5.75. The number of ether oxygens (including phenoxy) is 1. The van der Waals surface area contributed by atoms with E-state index in [1.54, 1.807) is 39.0 Å². The second kappa shape index (κ2) is 8.40. The Morgan fingerprint density at radius 1 is 1.17 bits per heavy atom. The molecule has 8 heteroatoms. The third kappa shape index (κ3) is 4.84. The van der Waals surface area contributed by atoms with Crippen LogP contribution in [0.4, 0.5) is 13.6 Å². The molecule has 1 saturated heterocycles. The summed E-state index contributed by atoms with van der Waals surface area (Å²) < 4.78 is 35.1. The van der Waals surface area contributed by atoms with Gasteiger partial charge in [-0.05, 0) is 70.1 Å². The Kier molecular flexibility index (Phi) is 6.24. The van der Waals surface area contributed by atoms with Gasteiger partial charge < -0.3 is 20.1 Å². The lowest BCUT2D eigenvalue weighted by Gasteiger charge is -2.36. The molecule has 1 atom stereocenters. The molecule has 0 aromatic heterocycles. The minimum atomic E-state index is -3.53. The molecule has 1 unspecified atom stereocenters. The number of halogens is 2. The number of rotatable bonds is 3. The van der Waals surface area contributed by atoms with E-state index in [2.05, 4.69) is 5.32 Å². The lowest BCUT2D eigenvalue weighted by atomic mass is 9.86. The third-order valence-corrected chi connectivity index (χ3v) is 5.75. The van der Waals surface area contributed by atoms with Crippen LogP contribution in [-0.2, 0) is 16.0 Å². The second-order valence-corrected chi connectivity index (χ2v) is 9.13. The average Bonchev–Trinajstić information content (AvgIpc) is 2.67. The van der Waals surface area contributed by atoms with Crippen molar-refractivity contribution < 1.29 is 28.2 Å². The zero-order chi connectivity index (χ0) is 22.1. The summed E-state index contributed by atoms with van der Waals surface area (Å²) in [6.07, 6.45) is 1.45. The Balaban J connectivity index is 1.61. The van der Waals surface area contributed by atoms with Crippen LogP contribution in [-0.4, -0.2) is 46.6 Å². The Morgan fingerprint density at radius 2 is 1.83 bits per heavy atom. The normalized spacial score (nSPS) is 20.4. The summed E-state index contributed by atoms with van der Waals surface area (Å²) >= 11 is 0. The van der Waals surface area contributed by atoms with Crippen LogP contribution >= 0.6 is 0 Å². The highest BCUT2D eigenvalue weighted by Gasteiger charge is 2.49. The first kappa shape index (κ1) is 22.3. The molecule has 1 aliphatic carbocycles. The van der Waals surface area contributed by atoms with Crippen molar-refractivity contribution in [3.63, 3.8) is 0 Å². The molecule has 30 heavy (non-hydrogen) atoms. The lowest BCUT2D eigenvalue weighted by molar-refractivity contribution is -0.157. The monoisotopic (exact) mass is 424 g/mol. The van der Waals surface area contributed by atoms with Crippen LogP contribution in [0.25, 0.3) is 0 Å². The number of carbonyl (C=O) groups excluding carboxylic acids is 2. The van der Waals surface area contributed by atoms with Gasteiger partial charge in [-0.3, -0.25) is 4.79 Å². The molecule has 1 aromatic rings. The molecule has 2 aliphatic rings. The van der Waals surface area contributed by atoms with Gasteiger partial charge in [0.05, 0.1) is 6.04 Å². The van der Waals surface area contributed by atoms with Crippen molar-refractivity contribution in [1.29, 1.82) is 0 Å². The van der Waals surface area contributed by atoms with E-state index in [0.717, 1.165) is 0 Å². The molecule has 2 amide bonds. The number of phenols is 1. The Bertz CT molecular complexity index is 799. The predicted molar refractivity (Wildman–Crippen MR) is 107 cm³/mol. The largest absolute Gasteiger partial charge is 0.508 e. The standard InChI is InChI=1S/C22H30F2N2O4/c1-21(2,3)30-20(29)26-12-10-14(11-13-26)22(23,24)19(28)25-17-8-4-7-16-15(17)6-5-9-18(16)27/h5-6,9,14,17,27H,4,7-8,10-13H2,1-3H3,(H,25,28). The molecular formula is C22H30F2N2O4. The van der Waals surface area contributed by atoms with Gasteiger partial charge >= 0.3 is 12.0 Å². The highest BCUT2D eigenvalue weighted by Crippen LogP contribution is 2.38. The van der Waals surface area contributed by atoms with E-state index in [0.29, 0.717) is 30.4 Å². The van der Waals surface area contributed by atoms with Gasteiger partial charge in [0.2, 0.25) is 0 Å². The number of phenolic OH excluding ortho intramolecular Hbond substituents is 1. The van der Waals surface area contributed by atoms with Crippen molar-refractivity contribution in [3.05, 3.63) is 29.3 Å². The maximum atomic E-state index is 14.9. The van der Waals surface area contributed by atoms with Crippen molar-refractivity contribution in [2.75, 3.05) is 13.1 Å². The number of piperidine rings is 1. The second-order valence-electron chi connectivity index (χ2n) is 9.13. The van der Waals surface area contributed by atoms with E-state index >= 15 is 0 Å². The topological polar surface area (TPSA) is 78.9 Å². The van der Waals surface area contributed by atoms with Crippen LogP contribution in [0.3, 0.4) is 0 Å². The summed E-state index contributed by atoms with van der Waals surface area (Å²) in [4.78, 5) is 26.0. The van der Waals surface area contributed by atoms with Crippen LogP contribution in [0.1, 0.15) is 63.6 Å². The molecule has 1 aromatic carbocycles. The minimum Gasteiger partial charge on any atom is -0.508 e. The van der Waals surface area contributed by atoms with Crippen LogP contribution in [0.5, 0.6) is 5.75 Å². The fourth-order valence-corrected chi connectivity index (χ4v) is 4.17. The maximum absolute atomic E-state index is 14.9. The fraction of sp³-hybridized carbons (Fsp3) is 0.636. The molecule has 0 spiro atoms. The molecule has 3 rings (SSSR count). The first-order chi connectivity index (χ1) is 14.0. The number of aromatic hydroxyl groups is 1. The Hall–Kier alpha value is -2.38. The highest BCUT2D eigenvalue weighted by atomic mass is 19.3. The Morgan fingerprint density at radius 3 is 2.47 bits per heavy atom. The summed E-state index contributed by atoms with van der Waals surface area (Å²) in [7, 11) is 0. The van der Waals surface area contributed by atoms with Gasteiger partial charge in [0.1, 0.15) is 11.4 Å². The van der Waals surface area contributed by atoms with Gasteiger partial charge in [-0.15, -0.1) is 0 Å². The first-order valence-corrected chi connectivity index (χ1v) is 10.5. The summed E-state index contributed by atoms with van der Waals surface area (Å²) in [5, 5.41) is 12.5. The molecule has 0 saturated carbocycles. The van der Waals surface area contributed by atoms with Crippen molar-refractivity contribution in [3.8, 4) is 5.75 Å². The summed E-state index contributed by atoms with van der Waals surface area (Å²) in [6.45, 7) is 5.50. The Labute approximate surface area is 175 Å². The number of nitrogens with zero attached hydrogens (tertiary/aromatic N) is 1. The molecule has 1 aliphatic heterocycles. The number of benzene rings is 1. The molecule has 0 radical (unpaired) electrons. The van der Waals surface area contributed by atoms with Crippen molar-refractivity contribution in [2.24, 2.45) is 5.92 Å². The van der Waals surface area contributed by atoms with E-state index in [1.807, 2.05) is 0 Å². The number of nitrogens with one attached hydrogen (secondary N) is 1. The maximum Gasteiger partial charge on any atom is 0.410 e. The molecular weight excluding hydrogens is 394 g/mol. The zero-order valence-electron chi connectivity index (χ0n) is 17.7. The van der Waals surface area contributed by atoms with E-state index in [9.17, 15) is 23.5 Å². The number of likely N-dealkylation sites (tertiary alicyclic amines) is 1. The number of hydrogen-bond acceptors (Lipinski definition) is 4. The van der Waals surface area contributed by atoms with Crippen LogP contribution in [0.2, 0.25) is 0 Å². The van der Waals surface area contributed by atoms with Gasteiger partial charge in [-0.2, -0.15) is 8.78 Å². The molecule has 1 fully saturated rings. The fourth-order valence-electron chi connectivity index (χ4n) is 4.17. The number of alkyl halides is 2. The smallest absolute Gasteiger partial charge is 0.410 e. The van der Waals surface area contributed by atoms with E-state index in [-0.39, 0.29) is 31.7 Å². The molecule has 1 heterocycles. The SMILES string of the molecule is CC(C)(C)OC(=O)N1CCC(C(F)(F)C(=O)NC2CCCc3c(O)cccc32)CC1. The minimum absolute atomic E-state index is 0.0295. The molecule has 166 valence electrons. The summed E-state index contributed by atoms with van der Waals surface area (Å²) in [6, 6.07) is 4.44. The number of fused-ring (bicyclic) bond motifs is 1. The predicted octanol–water partition coefficient (Wildman–Crippen LogP) is 4.17. The van der Waals surface area contributed by atoms with Crippen molar-refractivity contribution >= 4 is 12.0 Å². The molecule has 2 N–H and O–H groups in total. The van der Waals surface area contributed by atoms with Crippen LogP contribution < -0.4 is 5.32 Å². The van der Waals surface area contributed by atoms with E-state index in [1.165, 1.54) is 4.90 Å². The summed E-state index contributed by atoms with van der Waals surface area (Å²) in [5.74, 6) is -5.83. The quantitative estimate of drug-likeness (QED) is 0.763. The molecule has 0 bridgehead atoms. The lowest BCUT2D eigenvalue weighted by Crippen LogP contribution is -2.51.